The van der Waals surface area contributed by atoms with Gasteiger partial charge in [-0.2, -0.15) is 0 Å². The van der Waals surface area contributed by atoms with Gasteiger partial charge in [0.2, 0.25) is 0 Å². The second kappa shape index (κ2) is 3.77. The Balaban J connectivity index is 1.89. The van der Waals surface area contributed by atoms with E-state index in [0.717, 1.165) is 23.1 Å². The number of aromatic nitrogens is 1. The maximum atomic E-state index is 12.4. The molecule has 1 amide bonds. The lowest BCUT2D eigenvalue weighted by molar-refractivity contribution is -0.138. The summed E-state index contributed by atoms with van der Waals surface area (Å²) in [6.45, 7) is 0.239. The van der Waals surface area contributed by atoms with Crippen molar-refractivity contribution in [2.24, 2.45) is 0 Å². The zero-order valence-corrected chi connectivity index (χ0v) is 12.0. The fourth-order valence-corrected chi connectivity index (χ4v) is 4.27. The average molecular weight is 311 g/mol. The lowest BCUT2D eigenvalue weighted by Crippen LogP contribution is -2.48. The molecule has 5 nitrogen and oxygen atoms in total. The van der Waals surface area contributed by atoms with Crippen LogP contribution in [0.3, 0.4) is 0 Å². The molecule has 2 aliphatic rings. The molecule has 2 aromatic heterocycles. The van der Waals surface area contributed by atoms with Crippen LogP contribution in [0.4, 0.5) is 0 Å². The molecule has 7 heteroatoms. The largest absolute Gasteiger partial charge is 0.480 e. The Morgan fingerprint density at radius 1 is 1.45 bits per heavy atom. The second-order valence-corrected chi connectivity index (χ2v) is 7.16. The number of hydrogen-bond acceptors (Lipinski definition) is 3. The Morgan fingerprint density at radius 3 is 2.85 bits per heavy atom. The Labute approximate surface area is 123 Å². The molecule has 3 heterocycles. The number of hydrogen-bond donors (Lipinski definition) is 1. The first-order valence-corrected chi connectivity index (χ1v) is 7.52. The zero-order chi connectivity index (χ0) is 14.1. The van der Waals surface area contributed by atoms with Crippen molar-refractivity contribution in [2.75, 3.05) is 13.1 Å². The molecule has 4 rings (SSSR count). The van der Waals surface area contributed by atoms with Gasteiger partial charge in [-0.05, 0) is 25.0 Å². The molecule has 2 aromatic rings. The summed E-state index contributed by atoms with van der Waals surface area (Å²) in [7, 11) is 0. The van der Waals surface area contributed by atoms with Gasteiger partial charge in [-0.25, -0.2) is 0 Å². The Hall–Kier alpha value is -1.53. The molecule has 104 valence electrons. The van der Waals surface area contributed by atoms with E-state index in [1.165, 1.54) is 16.2 Å². The number of amides is 1. The van der Waals surface area contributed by atoms with Crippen molar-refractivity contribution >= 4 is 45.0 Å². The number of carboxylic acid groups (broad SMARTS) is 1. The van der Waals surface area contributed by atoms with E-state index in [9.17, 15) is 9.59 Å². The van der Waals surface area contributed by atoms with Gasteiger partial charge >= 0.3 is 5.97 Å². The van der Waals surface area contributed by atoms with Crippen LogP contribution in [0.25, 0.3) is 10.2 Å². The number of thiophene rings is 1. The van der Waals surface area contributed by atoms with Crippen LogP contribution in [0, 0.1) is 0 Å². The first kappa shape index (κ1) is 12.2. The summed E-state index contributed by atoms with van der Waals surface area (Å²) < 4.78 is 3.77. The summed E-state index contributed by atoms with van der Waals surface area (Å²) in [6, 6.07) is 3.73. The van der Waals surface area contributed by atoms with Crippen LogP contribution in [0.5, 0.6) is 0 Å². The number of fused-ring (bicyclic) bond motifs is 4. The quantitative estimate of drug-likeness (QED) is 0.926. The minimum atomic E-state index is -0.973. The van der Waals surface area contributed by atoms with Gasteiger partial charge in [-0.3, -0.25) is 9.59 Å². The Kier molecular flexibility index (Phi) is 2.30. The molecule has 1 N–H and O–H groups in total. The molecular formula is C13H11ClN2O3S. The normalized spacial score (nSPS) is 19.6. The molecule has 1 spiro atoms. The smallest absolute Gasteiger partial charge is 0.323 e. The summed E-state index contributed by atoms with van der Waals surface area (Å²) in [6.07, 6.45) is 1.95. The van der Waals surface area contributed by atoms with Gasteiger partial charge < -0.3 is 14.6 Å². The van der Waals surface area contributed by atoms with Crippen molar-refractivity contribution in [3.8, 4) is 0 Å². The molecule has 0 atom stereocenters. The number of halogens is 1. The van der Waals surface area contributed by atoms with Crippen molar-refractivity contribution in [3.05, 3.63) is 22.2 Å². The van der Waals surface area contributed by atoms with Crippen LogP contribution in [-0.2, 0) is 10.3 Å². The highest BCUT2D eigenvalue weighted by molar-refractivity contribution is 7.22. The number of carboxylic acids is 1. The summed E-state index contributed by atoms with van der Waals surface area (Å²) in [5, 5.41) is 8.94. The van der Waals surface area contributed by atoms with Gasteiger partial charge in [0.25, 0.3) is 5.91 Å². The molecule has 0 radical (unpaired) electrons. The highest BCUT2D eigenvalue weighted by Crippen LogP contribution is 2.51. The van der Waals surface area contributed by atoms with Crippen molar-refractivity contribution in [1.82, 2.24) is 9.47 Å². The fraction of sp³-hybridized carbons (Fsp3) is 0.385. The summed E-state index contributed by atoms with van der Waals surface area (Å²) in [4.78, 5) is 24.8. The molecule has 1 fully saturated rings. The Bertz CT molecular complexity index is 759. The third-order valence-corrected chi connectivity index (χ3v) is 5.28. The van der Waals surface area contributed by atoms with E-state index >= 15 is 0 Å². The highest BCUT2D eigenvalue weighted by Gasteiger charge is 2.52. The molecule has 1 aliphatic carbocycles. The SMILES string of the molecule is O=C(O)CN1CC2(CC2)n2c(cc3sc(Cl)cc32)C1=O. The summed E-state index contributed by atoms with van der Waals surface area (Å²) >= 11 is 7.50. The monoisotopic (exact) mass is 310 g/mol. The van der Waals surface area contributed by atoms with E-state index in [-0.39, 0.29) is 18.0 Å². The van der Waals surface area contributed by atoms with Crippen LogP contribution in [0.15, 0.2) is 12.1 Å². The topological polar surface area (TPSA) is 62.5 Å². The van der Waals surface area contributed by atoms with Crippen LogP contribution in [0.2, 0.25) is 4.34 Å². The second-order valence-electron chi connectivity index (χ2n) is 5.44. The molecule has 0 bridgehead atoms. The van der Waals surface area contributed by atoms with Crippen LogP contribution in [0.1, 0.15) is 23.3 Å². The average Bonchev–Trinajstić information content (AvgIpc) is 2.88. The first-order valence-electron chi connectivity index (χ1n) is 6.32. The van der Waals surface area contributed by atoms with E-state index in [1.807, 2.05) is 12.1 Å². The van der Waals surface area contributed by atoms with Crippen LogP contribution < -0.4 is 0 Å². The molecule has 0 aromatic carbocycles. The number of carbonyl (C=O) groups is 2. The minimum Gasteiger partial charge on any atom is -0.480 e. The van der Waals surface area contributed by atoms with Crippen molar-refractivity contribution < 1.29 is 14.7 Å². The van der Waals surface area contributed by atoms with E-state index in [4.69, 9.17) is 16.7 Å². The maximum Gasteiger partial charge on any atom is 0.323 e. The molecule has 1 aliphatic heterocycles. The van der Waals surface area contributed by atoms with Gasteiger partial charge in [0.1, 0.15) is 12.2 Å². The van der Waals surface area contributed by atoms with Crippen LogP contribution >= 0.6 is 22.9 Å². The molecule has 0 unspecified atom stereocenters. The van der Waals surface area contributed by atoms with Gasteiger partial charge in [0.15, 0.2) is 0 Å². The van der Waals surface area contributed by atoms with E-state index < -0.39 is 5.97 Å². The lowest BCUT2D eigenvalue weighted by Gasteiger charge is -2.34. The molecular weight excluding hydrogens is 300 g/mol. The number of rotatable bonds is 2. The van der Waals surface area contributed by atoms with E-state index in [0.29, 0.717) is 16.6 Å². The predicted octanol–water partition coefficient (Wildman–Crippen LogP) is 2.39. The third-order valence-electron chi connectivity index (χ3n) is 4.08. The van der Waals surface area contributed by atoms with Crippen molar-refractivity contribution in [1.29, 1.82) is 0 Å². The third kappa shape index (κ3) is 1.55. The number of aliphatic carboxylic acids is 1. The van der Waals surface area contributed by atoms with Gasteiger partial charge in [0, 0.05) is 6.54 Å². The molecule has 20 heavy (non-hydrogen) atoms. The standard InChI is InChI=1S/C13H11ClN2O3S/c14-10-4-7-9(20-10)3-8-12(19)15(5-11(17)18)6-13(1-2-13)16(7)8/h3-4H,1-2,5-6H2,(H,17,18). The Morgan fingerprint density at radius 2 is 2.20 bits per heavy atom. The zero-order valence-electron chi connectivity index (χ0n) is 10.4. The summed E-state index contributed by atoms with van der Waals surface area (Å²) in [5.74, 6) is -1.18. The van der Waals surface area contributed by atoms with Crippen molar-refractivity contribution in [2.45, 2.75) is 18.4 Å². The van der Waals surface area contributed by atoms with Gasteiger partial charge in [-0.15, -0.1) is 11.3 Å². The minimum absolute atomic E-state index is 0.120. The number of carbonyl (C=O) groups excluding carboxylic acids is 1. The highest BCUT2D eigenvalue weighted by atomic mass is 35.5. The first-order chi connectivity index (χ1) is 9.50. The predicted molar refractivity (Wildman–Crippen MR) is 75.6 cm³/mol. The van der Waals surface area contributed by atoms with Crippen LogP contribution in [-0.4, -0.2) is 39.5 Å². The van der Waals surface area contributed by atoms with E-state index in [1.54, 1.807) is 0 Å². The van der Waals surface area contributed by atoms with Gasteiger partial charge in [-0.1, -0.05) is 11.6 Å². The van der Waals surface area contributed by atoms with Gasteiger partial charge in [0.05, 0.1) is 20.1 Å². The van der Waals surface area contributed by atoms with E-state index in [2.05, 4.69) is 4.57 Å². The molecule has 0 saturated heterocycles. The summed E-state index contributed by atoms with van der Waals surface area (Å²) in [5.41, 5.74) is 1.47. The fourth-order valence-electron chi connectivity index (χ4n) is 3.11. The maximum absolute atomic E-state index is 12.4. The lowest BCUT2D eigenvalue weighted by atomic mass is 10.1. The molecule has 1 saturated carbocycles. The number of nitrogens with zero attached hydrogens (tertiary/aromatic N) is 2. The van der Waals surface area contributed by atoms with Crippen molar-refractivity contribution in [3.63, 3.8) is 0 Å².